The Morgan fingerprint density at radius 2 is 2.00 bits per heavy atom. The van der Waals surface area contributed by atoms with E-state index in [2.05, 4.69) is 42.5 Å². The Morgan fingerprint density at radius 3 is 2.80 bits per heavy atom. The number of halogens is 1. The van der Waals surface area contributed by atoms with E-state index in [9.17, 15) is 0 Å². The van der Waals surface area contributed by atoms with Gasteiger partial charge in [0, 0.05) is 23.3 Å². The Hall–Kier alpha value is -2.02. The lowest BCUT2D eigenvalue weighted by atomic mass is 10.1. The number of rotatable bonds is 5. The lowest BCUT2D eigenvalue weighted by Crippen LogP contribution is -2.10. The molecule has 0 saturated carbocycles. The van der Waals surface area contributed by atoms with E-state index in [0.717, 1.165) is 22.4 Å². The molecule has 0 spiro atoms. The van der Waals surface area contributed by atoms with Crippen LogP contribution in [0.4, 0.5) is 0 Å². The van der Waals surface area contributed by atoms with Crippen molar-refractivity contribution in [2.45, 2.75) is 19.5 Å². The number of aryl methyl sites for hydroxylation is 2. The van der Waals surface area contributed by atoms with Crippen molar-refractivity contribution >= 4 is 15.9 Å². The van der Waals surface area contributed by atoms with Gasteiger partial charge >= 0.3 is 0 Å². The molecule has 0 saturated heterocycles. The quantitative estimate of drug-likeness (QED) is 0.716. The predicted octanol–water partition coefficient (Wildman–Crippen LogP) is 1.92. The summed E-state index contributed by atoms with van der Waals surface area (Å²) in [7, 11) is 0. The molecule has 0 aliphatic carbocycles. The van der Waals surface area contributed by atoms with E-state index in [4.69, 9.17) is 0 Å². The van der Waals surface area contributed by atoms with Crippen LogP contribution < -0.4 is 0 Å². The van der Waals surface area contributed by atoms with Crippen LogP contribution in [-0.2, 0) is 19.5 Å². The van der Waals surface area contributed by atoms with Crippen LogP contribution in [0, 0.1) is 0 Å². The van der Waals surface area contributed by atoms with Crippen molar-refractivity contribution in [2.75, 3.05) is 0 Å². The monoisotopic (exact) mass is 332 g/mol. The van der Waals surface area contributed by atoms with E-state index in [1.54, 1.807) is 11.0 Å². The van der Waals surface area contributed by atoms with E-state index in [-0.39, 0.29) is 0 Å². The topological polar surface area (TPSA) is 61.4 Å². The number of tetrazole rings is 1. The second kappa shape index (κ2) is 5.96. The smallest absolute Gasteiger partial charge is 0.179 e. The van der Waals surface area contributed by atoms with Gasteiger partial charge in [0.25, 0.3) is 0 Å². The molecule has 0 N–H and O–H groups in total. The fraction of sp³-hybridized carbons (Fsp3) is 0.231. The summed E-state index contributed by atoms with van der Waals surface area (Å²) in [6.45, 7) is 1.39. The minimum atomic E-state index is 0.657. The maximum Gasteiger partial charge on any atom is 0.179 e. The van der Waals surface area contributed by atoms with Crippen molar-refractivity contribution in [3.8, 4) is 0 Å². The van der Waals surface area contributed by atoms with Crippen LogP contribution in [0.3, 0.4) is 0 Å². The molecule has 6 nitrogen and oxygen atoms in total. The van der Waals surface area contributed by atoms with Gasteiger partial charge in [0.05, 0.1) is 13.1 Å². The molecule has 0 aliphatic rings. The third kappa shape index (κ3) is 3.11. The van der Waals surface area contributed by atoms with Crippen molar-refractivity contribution in [1.29, 1.82) is 0 Å². The predicted molar refractivity (Wildman–Crippen MR) is 77.0 cm³/mol. The Kier molecular flexibility index (Phi) is 3.87. The zero-order valence-corrected chi connectivity index (χ0v) is 12.3. The van der Waals surface area contributed by atoms with Crippen LogP contribution in [-0.4, -0.2) is 30.0 Å². The summed E-state index contributed by atoms with van der Waals surface area (Å²) < 4.78 is 2.91. The van der Waals surface area contributed by atoms with Gasteiger partial charge in [0.2, 0.25) is 0 Å². The highest BCUT2D eigenvalue weighted by molar-refractivity contribution is 9.10. The second-order valence-electron chi connectivity index (χ2n) is 4.34. The lowest BCUT2D eigenvalue weighted by molar-refractivity contribution is 0.449. The average molecular weight is 333 g/mol. The van der Waals surface area contributed by atoms with Crippen LogP contribution >= 0.6 is 15.9 Å². The van der Waals surface area contributed by atoms with Crippen molar-refractivity contribution < 1.29 is 0 Å². The van der Waals surface area contributed by atoms with Crippen molar-refractivity contribution in [1.82, 2.24) is 30.0 Å². The molecule has 102 valence electrons. The first-order valence-electron chi connectivity index (χ1n) is 6.29. The zero-order valence-electron chi connectivity index (χ0n) is 10.7. The van der Waals surface area contributed by atoms with E-state index in [1.807, 2.05) is 35.1 Å². The molecule has 0 fully saturated rings. The van der Waals surface area contributed by atoms with Gasteiger partial charge in [-0.3, -0.25) is 4.68 Å². The summed E-state index contributed by atoms with van der Waals surface area (Å²) in [5.74, 6) is 0.720. The summed E-state index contributed by atoms with van der Waals surface area (Å²) in [5, 5.41) is 16.7. The van der Waals surface area contributed by atoms with Gasteiger partial charge in [-0.1, -0.05) is 34.1 Å². The molecule has 1 aromatic carbocycles. The first kappa shape index (κ1) is 13.0. The van der Waals surface area contributed by atoms with Gasteiger partial charge in [-0.15, -0.1) is 10.2 Å². The molecule has 0 unspecified atom stereocenters. The molecule has 3 aromatic rings. The van der Waals surface area contributed by atoms with Gasteiger partial charge in [0.1, 0.15) is 0 Å². The minimum Gasteiger partial charge on any atom is -0.271 e. The molecular formula is C13H13BrN6. The molecule has 3 rings (SSSR count). The highest BCUT2D eigenvalue weighted by atomic mass is 79.9. The van der Waals surface area contributed by atoms with E-state index >= 15 is 0 Å². The van der Waals surface area contributed by atoms with Crippen molar-refractivity contribution in [3.63, 3.8) is 0 Å². The van der Waals surface area contributed by atoms with Crippen LogP contribution in [0.2, 0.25) is 0 Å². The Balaban J connectivity index is 1.63. The average Bonchev–Trinajstić information content (AvgIpc) is 3.10. The Labute approximate surface area is 124 Å². The highest BCUT2D eigenvalue weighted by Gasteiger charge is 2.06. The molecule has 0 atom stereocenters. The zero-order chi connectivity index (χ0) is 13.8. The van der Waals surface area contributed by atoms with E-state index in [0.29, 0.717) is 13.0 Å². The summed E-state index contributed by atoms with van der Waals surface area (Å²) in [6.07, 6.45) is 4.34. The standard InChI is InChI=1S/C13H13BrN6/c14-12-5-2-1-4-11(12)10-13-16-18-20(17-13)9-8-19-7-3-6-15-19/h1-7H,8-10H2. The van der Waals surface area contributed by atoms with Crippen molar-refractivity contribution in [2.24, 2.45) is 0 Å². The van der Waals surface area contributed by atoms with E-state index in [1.165, 1.54) is 0 Å². The molecule has 2 heterocycles. The minimum absolute atomic E-state index is 0.657. The molecule has 0 radical (unpaired) electrons. The van der Waals surface area contributed by atoms with Crippen LogP contribution in [0.5, 0.6) is 0 Å². The van der Waals surface area contributed by atoms with Crippen molar-refractivity contribution in [3.05, 3.63) is 58.6 Å². The normalized spacial score (nSPS) is 10.8. The highest BCUT2D eigenvalue weighted by Crippen LogP contribution is 2.17. The summed E-state index contributed by atoms with van der Waals surface area (Å²) >= 11 is 3.52. The van der Waals surface area contributed by atoms with Crippen LogP contribution in [0.15, 0.2) is 47.2 Å². The Morgan fingerprint density at radius 1 is 1.10 bits per heavy atom. The van der Waals surface area contributed by atoms with Gasteiger partial charge in [-0.05, 0) is 22.9 Å². The molecule has 0 aliphatic heterocycles. The Bertz CT molecular complexity index is 676. The first-order valence-corrected chi connectivity index (χ1v) is 7.08. The lowest BCUT2D eigenvalue weighted by Gasteiger charge is -2.00. The molecule has 7 heteroatoms. The van der Waals surface area contributed by atoms with Gasteiger partial charge in [-0.2, -0.15) is 9.90 Å². The maximum absolute atomic E-state index is 4.38. The summed E-state index contributed by atoms with van der Waals surface area (Å²) in [6, 6.07) is 9.95. The van der Waals surface area contributed by atoms with Crippen LogP contribution in [0.1, 0.15) is 11.4 Å². The number of benzene rings is 1. The maximum atomic E-state index is 4.38. The molecule has 0 bridgehead atoms. The third-order valence-corrected chi connectivity index (χ3v) is 3.66. The third-order valence-electron chi connectivity index (χ3n) is 2.89. The second-order valence-corrected chi connectivity index (χ2v) is 5.19. The van der Waals surface area contributed by atoms with E-state index < -0.39 is 0 Å². The SMILES string of the molecule is Brc1ccccc1Cc1nnn(CCn2cccn2)n1. The molecule has 20 heavy (non-hydrogen) atoms. The summed E-state index contributed by atoms with van der Waals surface area (Å²) in [5.41, 5.74) is 1.15. The number of aromatic nitrogens is 6. The van der Waals surface area contributed by atoms with Crippen LogP contribution in [0.25, 0.3) is 0 Å². The number of hydrogen-bond donors (Lipinski definition) is 0. The van der Waals surface area contributed by atoms with Gasteiger partial charge in [-0.25, -0.2) is 0 Å². The van der Waals surface area contributed by atoms with Gasteiger partial charge < -0.3 is 0 Å². The summed E-state index contributed by atoms with van der Waals surface area (Å²) in [4.78, 5) is 1.61. The number of hydrogen-bond acceptors (Lipinski definition) is 4. The number of nitrogens with zero attached hydrogens (tertiary/aromatic N) is 6. The van der Waals surface area contributed by atoms with Gasteiger partial charge in [0.15, 0.2) is 5.82 Å². The first-order chi connectivity index (χ1) is 9.81. The fourth-order valence-electron chi connectivity index (χ4n) is 1.88. The largest absolute Gasteiger partial charge is 0.271 e. The molecule has 0 amide bonds. The fourth-order valence-corrected chi connectivity index (χ4v) is 2.30. The molecular weight excluding hydrogens is 320 g/mol. The molecule has 2 aromatic heterocycles.